The molecule has 19 heavy (non-hydrogen) atoms. The summed E-state index contributed by atoms with van der Waals surface area (Å²) in [6.45, 7) is 3.48. The summed E-state index contributed by atoms with van der Waals surface area (Å²) in [7, 11) is 1.61. The third-order valence-corrected chi connectivity index (χ3v) is 3.23. The number of ether oxygens (including phenoxy) is 3. The van der Waals surface area contributed by atoms with Crippen LogP contribution in [0.4, 0.5) is 0 Å². The minimum atomic E-state index is 0.173. The van der Waals surface area contributed by atoms with Crippen LogP contribution in [0.15, 0.2) is 12.1 Å². The summed E-state index contributed by atoms with van der Waals surface area (Å²) >= 11 is 6.23. The topological polar surface area (TPSA) is 39.7 Å². The number of benzene rings is 1. The minimum Gasteiger partial charge on any atom is -0.493 e. The Morgan fingerprint density at radius 3 is 2.79 bits per heavy atom. The van der Waals surface area contributed by atoms with Crippen molar-refractivity contribution in [3.05, 3.63) is 22.7 Å². The molecular weight excluding hydrogens is 266 g/mol. The van der Waals surface area contributed by atoms with Crippen LogP contribution in [0.1, 0.15) is 25.3 Å². The first-order valence-electron chi connectivity index (χ1n) is 6.55. The zero-order valence-electron chi connectivity index (χ0n) is 11.4. The van der Waals surface area contributed by atoms with E-state index in [0.29, 0.717) is 29.2 Å². The summed E-state index contributed by atoms with van der Waals surface area (Å²) < 4.78 is 16.0. The first-order chi connectivity index (χ1) is 9.24. The highest BCUT2D eigenvalue weighted by Crippen LogP contribution is 2.36. The van der Waals surface area contributed by atoms with Gasteiger partial charge in [0.15, 0.2) is 18.3 Å². The molecule has 106 valence electrons. The summed E-state index contributed by atoms with van der Waals surface area (Å²) in [5, 5.41) is 3.99. The fourth-order valence-electron chi connectivity index (χ4n) is 1.75. The van der Waals surface area contributed by atoms with E-state index in [1.54, 1.807) is 7.11 Å². The molecule has 2 rings (SSSR count). The number of hydrogen-bond donors (Lipinski definition) is 1. The molecule has 1 aromatic rings. The van der Waals surface area contributed by atoms with E-state index in [9.17, 15) is 0 Å². The molecule has 0 atom stereocenters. The standard InChI is InChI=1S/C14H20ClNO3/c1-3-18-9-19-14-12(15)6-10(7-13(14)17-2)8-16-11-4-5-11/h6-7,11,16H,3-5,8-9H2,1-2H3. The molecule has 1 aromatic carbocycles. The van der Waals surface area contributed by atoms with E-state index in [0.717, 1.165) is 12.1 Å². The first kappa shape index (κ1) is 14.4. The molecule has 4 nitrogen and oxygen atoms in total. The quantitative estimate of drug-likeness (QED) is 0.589. The molecule has 1 saturated carbocycles. The SMILES string of the molecule is CCOCOc1c(Cl)cc(CNC2CC2)cc1OC. The molecule has 1 aliphatic rings. The van der Waals surface area contributed by atoms with Crippen molar-refractivity contribution >= 4 is 11.6 Å². The fourth-order valence-corrected chi connectivity index (χ4v) is 2.04. The zero-order chi connectivity index (χ0) is 13.7. The number of nitrogens with one attached hydrogen (secondary N) is 1. The third-order valence-electron chi connectivity index (χ3n) is 2.95. The lowest BCUT2D eigenvalue weighted by Gasteiger charge is -2.14. The smallest absolute Gasteiger partial charge is 0.189 e. The van der Waals surface area contributed by atoms with Crippen LogP contribution in [0.5, 0.6) is 11.5 Å². The van der Waals surface area contributed by atoms with Crippen molar-refractivity contribution < 1.29 is 14.2 Å². The second-order valence-corrected chi connectivity index (χ2v) is 4.93. The molecule has 0 spiro atoms. The van der Waals surface area contributed by atoms with Crippen LogP contribution in [-0.4, -0.2) is 26.6 Å². The molecule has 0 bridgehead atoms. The van der Waals surface area contributed by atoms with Gasteiger partial charge in [-0.25, -0.2) is 0 Å². The van der Waals surface area contributed by atoms with Crippen molar-refractivity contribution in [1.82, 2.24) is 5.32 Å². The maximum absolute atomic E-state index is 6.23. The lowest BCUT2D eigenvalue weighted by atomic mass is 10.2. The predicted octanol–water partition coefficient (Wildman–Crippen LogP) is 2.97. The molecule has 1 aliphatic carbocycles. The fraction of sp³-hybridized carbons (Fsp3) is 0.571. The molecule has 0 aromatic heterocycles. The highest BCUT2D eigenvalue weighted by atomic mass is 35.5. The Morgan fingerprint density at radius 2 is 2.16 bits per heavy atom. The Balaban J connectivity index is 2.04. The van der Waals surface area contributed by atoms with Gasteiger partial charge in [-0.1, -0.05) is 11.6 Å². The van der Waals surface area contributed by atoms with E-state index in [1.165, 1.54) is 12.8 Å². The van der Waals surface area contributed by atoms with Gasteiger partial charge in [0.1, 0.15) is 0 Å². The average molecular weight is 286 g/mol. The van der Waals surface area contributed by atoms with Gasteiger partial charge in [-0.15, -0.1) is 0 Å². The Kier molecular flexibility index (Phi) is 5.31. The molecule has 5 heteroatoms. The van der Waals surface area contributed by atoms with Gasteiger partial charge in [0, 0.05) is 19.2 Å². The van der Waals surface area contributed by atoms with Crippen LogP contribution >= 0.6 is 11.6 Å². The van der Waals surface area contributed by atoms with Crippen molar-refractivity contribution in [2.75, 3.05) is 20.5 Å². The van der Waals surface area contributed by atoms with E-state index >= 15 is 0 Å². The maximum atomic E-state index is 6.23. The summed E-state index contributed by atoms with van der Waals surface area (Å²) in [6, 6.07) is 4.52. The van der Waals surface area contributed by atoms with E-state index in [1.807, 2.05) is 19.1 Å². The Bertz CT molecular complexity index is 421. The first-order valence-corrected chi connectivity index (χ1v) is 6.92. The van der Waals surface area contributed by atoms with Gasteiger partial charge in [-0.2, -0.15) is 0 Å². The van der Waals surface area contributed by atoms with Crippen molar-refractivity contribution in [3.63, 3.8) is 0 Å². The molecule has 1 N–H and O–H groups in total. The number of methoxy groups -OCH3 is 1. The van der Waals surface area contributed by atoms with Gasteiger partial charge < -0.3 is 19.5 Å². The summed E-state index contributed by atoms with van der Waals surface area (Å²) in [4.78, 5) is 0. The van der Waals surface area contributed by atoms with E-state index in [4.69, 9.17) is 25.8 Å². The molecule has 0 amide bonds. The van der Waals surface area contributed by atoms with Crippen LogP contribution in [0.3, 0.4) is 0 Å². The molecular formula is C14H20ClNO3. The molecule has 0 radical (unpaired) electrons. The predicted molar refractivity (Wildman–Crippen MR) is 75.0 cm³/mol. The molecule has 0 aliphatic heterocycles. The monoisotopic (exact) mass is 285 g/mol. The highest BCUT2D eigenvalue weighted by Gasteiger charge is 2.20. The van der Waals surface area contributed by atoms with E-state index in [-0.39, 0.29) is 6.79 Å². The third kappa shape index (κ3) is 4.27. The lowest BCUT2D eigenvalue weighted by molar-refractivity contribution is 0.0209. The van der Waals surface area contributed by atoms with Crippen LogP contribution in [0.2, 0.25) is 5.02 Å². The Labute approximate surface area is 119 Å². The highest BCUT2D eigenvalue weighted by molar-refractivity contribution is 6.32. The second kappa shape index (κ2) is 6.98. The summed E-state index contributed by atoms with van der Waals surface area (Å²) in [5.41, 5.74) is 1.09. The van der Waals surface area contributed by atoms with Crippen molar-refractivity contribution in [1.29, 1.82) is 0 Å². The van der Waals surface area contributed by atoms with Gasteiger partial charge >= 0.3 is 0 Å². The van der Waals surface area contributed by atoms with Gasteiger partial charge in [-0.05, 0) is 37.5 Å². The summed E-state index contributed by atoms with van der Waals surface area (Å²) in [6.07, 6.45) is 2.53. The molecule has 1 fully saturated rings. The lowest BCUT2D eigenvalue weighted by Crippen LogP contribution is -2.15. The number of halogens is 1. The van der Waals surface area contributed by atoms with E-state index < -0.39 is 0 Å². The van der Waals surface area contributed by atoms with Crippen molar-refractivity contribution in [2.45, 2.75) is 32.4 Å². The summed E-state index contributed by atoms with van der Waals surface area (Å²) in [5.74, 6) is 1.17. The Hall–Kier alpha value is -0.970. The molecule has 0 unspecified atom stereocenters. The molecule has 0 saturated heterocycles. The van der Waals surface area contributed by atoms with E-state index in [2.05, 4.69) is 5.32 Å². The Morgan fingerprint density at radius 1 is 1.37 bits per heavy atom. The second-order valence-electron chi connectivity index (χ2n) is 4.52. The van der Waals surface area contributed by atoms with Crippen LogP contribution < -0.4 is 14.8 Å². The molecule has 0 heterocycles. The van der Waals surface area contributed by atoms with Gasteiger partial charge in [0.2, 0.25) is 0 Å². The maximum Gasteiger partial charge on any atom is 0.189 e. The largest absolute Gasteiger partial charge is 0.493 e. The van der Waals surface area contributed by atoms with Crippen LogP contribution in [0, 0.1) is 0 Å². The van der Waals surface area contributed by atoms with Gasteiger partial charge in [-0.3, -0.25) is 0 Å². The van der Waals surface area contributed by atoms with Crippen LogP contribution in [0.25, 0.3) is 0 Å². The van der Waals surface area contributed by atoms with Crippen molar-refractivity contribution in [3.8, 4) is 11.5 Å². The minimum absolute atomic E-state index is 0.173. The number of rotatable bonds is 8. The number of hydrogen-bond acceptors (Lipinski definition) is 4. The van der Waals surface area contributed by atoms with Gasteiger partial charge in [0.05, 0.1) is 12.1 Å². The van der Waals surface area contributed by atoms with Gasteiger partial charge in [0.25, 0.3) is 0 Å². The normalized spacial score (nSPS) is 14.5. The van der Waals surface area contributed by atoms with Crippen LogP contribution in [-0.2, 0) is 11.3 Å². The average Bonchev–Trinajstić information content (AvgIpc) is 3.22. The zero-order valence-corrected chi connectivity index (χ0v) is 12.1. The van der Waals surface area contributed by atoms with Crippen molar-refractivity contribution in [2.24, 2.45) is 0 Å².